The summed E-state index contributed by atoms with van der Waals surface area (Å²) in [4.78, 5) is 0. The minimum Gasteiger partial charge on any atom is -0.499 e. The van der Waals surface area contributed by atoms with Crippen molar-refractivity contribution in [3.8, 4) is 0 Å². The number of allylic oxidation sites excluding steroid dienone is 4. The van der Waals surface area contributed by atoms with Gasteiger partial charge in [-0.05, 0) is 90.5 Å². The molecule has 0 atom stereocenters. The minimum absolute atomic E-state index is 0.329. The van der Waals surface area contributed by atoms with Crippen LogP contribution in [0.25, 0.3) is 0 Å². The summed E-state index contributed by atoms with van der Waals surface area (Å²) in [5.74, 6) is 0. The molecule has 0 aromatic heterocycles. The normalized spacial score (nSPS) is 11.4. The molecule has 9 nitrogen and oxygen atoms in total. The fraction of sp³-hybridized carbons (Fsp3) is 0.778. The smallest absolute Gasteiger partial charge is 0.111 e. The second-order valence-electron chi connectivity index (χ2n) is 12.7. The molecule has 9 heteroatoms. The Labute approximate surface area is 275 Å². The number of rotatable bonds is 30. The second kappa shape index (κ2) is 27.1. The molecule has 0 saturated heterocycles. The van der Waals surface area contributed by atoms with Gasteiger partial charge < -0.3 is 42.6 Å². The third-order valence-corrected chi connectivity index (χ3v) is 6.61. The van der Waals surface area contributed by atoms with Crippen molar-refractivity contribution in [2.24, 2.45) is 10.8 Å². The van der Waals surface area contributed by atoms with Crippen LogP contribution in [0.3, 0.4) is 0 Å². The van der Waals surface area contributed by atoms with E-state index in [9.17, 15) is 0 Å². The van der Waals surface area contributed by atoms with Gasteiger partial charge >= 0.3 is 0 Å². The van der Waals surface area contributed by atoms with Crippen LogP contribution >= 0.6 is 0 Å². The first-order valence-electron chi connectivity index (χ1n) is 16.4. The molecule has 0 heterocycles. The Morgan fingerprint density at radius 2 is 0.578 bits per heavy atom. The lowest BCUT2D eigenvalue weighted by atomic mass is 9.86. The molecule has 0 unspecified atom stereocenters. The van der Waals surface area contributed by atoms with E-state index in [1.54, 1.807) is 25.0 Å². The Bertz CT molecular complexity index is 707. The number of hydrogen-bond donors (Lipinski definition) is 0. The van der Waals surface area contributed by atoms with E-state index in [1.165, 1.54) is 0 Å². The van der Waals surface area contributed by atoms with Crippen molar-refractivity contribution >= 4 is 0 Å². The molecule has 0 aromatic carbocycles. The Morgan fingerprint density at radius 3 is 0.778 bits per heavy atom. The van der Waals surface area contributed by atoms with E-state index in [-0.39, 0.29) is 10.8 Å². The summed E-state index contributed by atoms with van der Waals surface area (Å²) < 4.78 is 53.1. The highest BCUT2D eigenvalue weighted by Gasteiger charge is 2.34. The molecule has 0 spiro atoms. The third kappa shape index (κ3) is 24.8. The Balaban J connectivity index is 5.37. The molecule has 264 valence electrons. The van der Waals surface area contributed by atoms with Crippen LogP contribution in [0.4, 0.5) is 0 Å². The quantitative estimate of drug-likeness (QED) is 0.0580. The van der Waals surface area contributed by atoms with Gasteiger partial charge in [-0.2, -0.15) is 0 Å². The first-order valence-corrected chi connectivity index (χ1v) is 16.4. The largest absolute Gasteiger partial charge is 0.499 e. The summed E-state index contributed by atoms with van der Waals surface area (Å²) in [5, 5.41) is 0. The van der Waals surface area contributed by atoms with Crippen molar-refractivity contribution < 1.29 is 42.6 Å². The SMILES string of the molecule is CCC(COCCOC=C(C)C)(COCCOC=C(C)C)COCC(CC)(COCCOC=C(C)C)COCCOC=C(C)C. The van der Waals surface area contributed by atoms with E-state index in [0.717, 1.165) is 35.1 Å². The van der Waals surface area contributed by atoms with Crippen LogP contribution in [0.5, 0.6) is 0 Å². The summed E-state index contributed by atoms with van der Waals surface area (Å²) >= 11 is 0. The lowest BCUT2D eigenvalue weighted by Gasteiger charge is -2.36. The fourth-order valence-electron chi connectivity index (χ4n) is 3.83. The average Bonchev–Trinajstić information content (AvgIpc) is 2.98. The van der Waals surface area contributed by atoms with Crippen molar-refractivity contribution in [1.82, 2.24) is 0 Å². The van der Waals surface area contributed by atoms with Gasteiger partial charge in [0.15, 0.2) is 0 Å². The van der Waals surface area contributed by atoms with Crippen LogP contribution in [-0.2, 0) is 42.6 Å². The molecular formula is C36H66O9. The summed E-state index contributed by atoms with van der Waals surface area (Å²) in [6.07, 6.45) is 8.67. The highest BCUT2D eigenvalue weighted by atomic mass is 16.5. The zero-order chi connectivity index (χ0) is 33.8. The van der Waals surface area contributed by atoms with E-state index in [4.69, 9.17) is 42.6 Å². The maximum absolute atomic E-state index is 6.50. The molecule has 0 aliphatic heterocycles. The van der Waals surface area contributed by atoms with Gasteiger partial charge in [-0.25, -0.2) is 0 Å². The molecule has 0 aliphatic carbocycles. The van der Waals surface area contributed by atoms with E-state index < -0.39 is 0 Å². The average molecular weight is 643 g/mol. The van der Waals surface area contributed by atoms with Crippen molar-refractivity contribution in [1.29, 1.82) is 0 Å². The standard InChI is InChI=1S/C36H66O9/c1-11-35(25-41-17-13-37-21-31(3)4,26-42-18-14-38-22-32(5)6)29-45-30-36(12-2,27-43-19-15-39-23-33(7)8)28-44-20-16-40-24-34(9)10/h21-24H,11-20,25-30H2,1-10H3. The molecule has 0 amide bonds. The fourth-order valence-corrected chi connectivity index (χ4v) is 3.83. The van der Waals surface area contributed by atoms with Gasteiger partial charge in [0.2, 0.25) is 0 Å². The van der Waals surface area contributed by atoms with Crippen LogP contribution in [0.15, 0.2) is 47.3 Å². The van der Waals surface area contributed by atoms with E-state index in [1.807, 2.05) is 55.4 Å². The lowest BCUT2D eigenvalue weighted by molar-refractivity contribution is -0.116. The minimum atomic E-state index is -0.329. The number of hydrogen-bond acceptors (Lipinski definition) is 9. The van der Waals surface area contributed by atoms with E-state index >= 15 is 0 Å². The van der Waals surface area contributed by atoms with Crippen molar-refractivity contribution in [2.45, 2.75) is 82.1 Å². The van der Waals surface area contributed by atoms with Gasteiger partial charge in [-0.1, -0.05) is 13.8 Å². The van der Waals surface area contributed by atoms with Crippen LogP contribution in [0.2, 0.25) is 0 Å². The first-order chi connectivity index (χ1) is 21.5. The van der Waals surface area contributed by atoms with Crippen LogP contribution < -0.4 is 0 Å². The number of ether oxygens (including phenoxy) is 9. The zero-order valence-electron chi connectivity index (χ0n) is 30.3. The Morgan fingerprint density at radius 1 is 0.356 bits per heavy atom. The molecule has 0 fully saturated rings. The summed E-state index contributed by atoms with van der Waals surface area (Å²) in [7, 11) is 0. The molecule has 0 bridgehead atoms. The molecule has 0 radical (unpaired) electrons. The van der Waals surface area contributed by atoms with Crippen LogP contribution in [0.1, 0.15) is 82.1 Å². The topological polar surface area (TPSA) is 83.1 Å². The molecule has 45 heavy (non-hydrogen) atoms. The Hall–Kier alpha value is -2.04. The summed E-state index contributed by atoms with van der Waals surface area (Å²) in [5.41, 5.74) is 3.80. The van der Waals surface area contributed by atoms with Crippen molar-refractivity contribution in [2.75, 3.05) is 92.5 Å². The predicted octanol–water partition coefficient (Wildman–Crippen LogP) is 7.62. The highest BCUT2D eigenvalue weighted by Crippen LogP contribution is 2.28. The van der Waals surface area contributed by atoms with E-state index in [2.05, 4.69) is 13.8 Å². The maximum Gasteiger partial charge on any atom is 0.111 e. The Kier molecular flexibility index (Phi) is 25.9. The lowest BCUT2D eigenvalue weighted by Crippen LogP contribution is -2.42. The molecule has 0 N–H and O–H groups in total. The van der Waals surface area contributed by atoms with Gasteiger partial charge in [0.25, 0.3) is 0 Å². The summed E-state index contributed by atoms with van der Waals surface area (Å²) in [6.45, 7) is 27.1. The second-order valence-corrected chi connectivity index (χ2v) is 12.7. The van der Waals surface area contributed by atoms with Gasteiger partial charge in [0, 0.05) is 10.8 Å². The van der Waals surface area contributed by atoms with Gasteiger partial charge in [0.05, 0.1) is 91.1 Å². The van der Waals surface area contributed by atoms with Crippen LogP contribution in [-0.4, -0.2) is 92.5 Å². The third-order valence-electron chi connectivity index (χ3n) is 6.61. The molecular weight excluding hydrogens is 576 g/mol. The first kappa shape index (κ1) is 43.0. The monoisotopic (exact) mass is 642 g/mol. The molecule has 0 aromatic rings. The van der Waals surface area contributed by atoms with E-state index in [0.29, 0.717) is 92.5 Å². The maximum atomic E-state index is 6.50. The summed E-state index contributed by atoms with van der Waals surface area (Å²) in [6, 6.07) is 0. The van der Waals surface area contributed by atoms with Crippen molar-refractivity contribution in [3.63, 3.8) is 0 Å². The zero-order valence-corrected chi connectivity index (χ0v) is 30.3. The van der Waals surface area contributed by atoms with Crippen LogP contribution in [0, 0.1) is 10.8 Å². The molecule has 0 saturated carbocycles. The van der Waals surface area contributed by atoms with Gasteiger partial charge in [0.1, 0.15) is 26.4 Å². The van der Waals surface area contributed by atoms with Gasteiger partial charge in [-0.15, -0.1) is 0 Å². The molecule has 0 aliphatic rings. The predicted molar refractivity (Wildman–Crippen MR) is 181 cm³/mol. The van der Waals surface area contributed by atoms with Gasteiger partial charge in [-0.3, -0.25) is 0 Å². The van der Waals surface area contributed by atoms with Crippen molar-refractivity contribution in [3.05, 3.63) is 47.3 Å². The molecule has 0 rings (SSSR count). The highest BCUT2D eigenvalue weighted by molar-refractivity contribution is 4.88.